The van der Waals surface area contributed by atoms with E-state index in [9.17, 15) is 0 Å². The molecule has 4 aromatic heterocycles. The van der Waals surface area contributed by atoms with Crippen LogP contribution in [0, 0.1) is 13.8 Å². The molecule has 12 rings (SSSR count). The summed E-state index contributed by atoms with van der Waals surface area (Å²) in [7, 11) is 0. The van der Waals surface area contributed by atoms with Gasteiger partial charge in [-0.2, -0.15) is 0 Å². The van der Waals surface area contributed by atoms with Crippen LogP contribution in [0.4, 0.5) is 34.1 Å². The highest BCUT2D eigenvalue weighted by Crippen LogP contribution is 2.42. The van der Waals surface area contributed by atoms with Crippen molar-refractivity contribution in [2.24, 2.45) is 0 Å². The number of rotatable bonds is 9. The first kappa shape index (κ1) is 38.9. The van der Waals surface area contributed by atoms with Crippen LogP contribution >= 0.6 is 0 Å². The van der Waals surface area contributed by atoms with E-state index >= 15 is 0 Å². The molecule has 6 nitrogen and oxygen atoms in total. The molecule has 0 aliphatic heterocycles. The molecule has 0 aliphatic carbocycles. The van der Waals surface area contributed by atoms with E-state index in [0.717, 1.165) is 79.0 Å². The Morgan fingerprint density at radius 1 is 0.303 bits per heavy atom. The minimum Gasteiger partial charge on any atom is -0.310 e. The molecular formula is C60H44N6. The van der Waals surface area contributed by atoms with E-state index in [1.807, 2.05) is 12.4 Å². The fourth-order valence-corrected chi connectivity index (χ4v) is 9.67. The maximum atomic E-state index is 5.04. The predicted molar refractivity (Wildman–Crippen MR) is 275 cm³/mol. The van der Waals surface area contributed by atoms with Crippen molar-refractivity contribution in [3.8, 4) is 22.8 Å². The molecule has 0 atom stereocenters. The molecule has 0 saturated heterocycles. The number of aromatic nitrogens is 4. The van der Waals surface area contributed by atoms with Crippen LogP contribution in [0.5, 0.6) is 0 Å². The summed E-state index contributed by atoms with van der Waals surface area (Å²) in [5.74, 6) is 1.71. The smallest absolute Gasteiger partial charge is 0.138 e. The van der Waals surface area contributed by atoms with Gasteiger partial charge in [-0.25, -0.2) is 9.97 Å². The van der Waals surface area contributed by atoms with Gasteiger partial charge in [-0.1, -0.05) is 96.1 Å². The van der Waals surface area contributed by atoms with Crippen molar-refractivity contribution in [3.63, 3.8) is 0 Å². The van der Waals surface area contributed by atoms with Crippen LogP contribution in [0.3, 0.4) is 0 Å². The number of hydrogen-bond acceptors (Lipinski definition) is 4. The third-order valence-corrected chi connectivity index (χ3v) is 12.7. The van der Waals surface area contributed by atoms with E-state index < -0.39 is 0 Å². The Morgan fingerprint density at radius 3 is 0.970 bits per heavy atom. The van der Waals surface area contributed by atoms with Crippen molar-refractivity contribution in [1.29, 1.82) is 0 Å². The minimum atomic E-state index is 0.853. The van der Waals surface area contributed by atoms with Gasteiger partial charge in [0.25, 0.3) is 0 Å². The van der Waals surface area contributed by atoms with Crippen LogP contribution in [-0.2, 0) is 0 Å². The molecule has 0 unspecified atom stereocenters. The van der Waals surface area contributed by atoms with Gasteiger partial charge in [-0.3, -0.25) is 9.13 Å². The fraction of sp³-hybridized carbons (Fsp3) is 0.0333. The van der Waals surface area contributed by atoms with Crippen molar-refractivity contribution in [3.05, 3.63) is 242 Å². The van der Waals surface area contributed by atoms with Gasteiger partial charge in [0.1, 0.15) is 11.6 Å². The SMILES string of the molecule is Cc1ccc2c(c1)c1cc(N(c3ccccc3)c3ccccc3)ccc1n2-c1cc(-c2ccnc(-n3c4ccc(C)cc4c4cc(N(c5ccccc5)c5ccccc5)ccc43)c2)ccn1. The highest BCUT2D eigenvalue weighted by molar-refractivity contribution is 6.12. The molecule has 0 amide bonds. The lowest BCUT2D eigenvalue weighted by Crippen LogP contribution is -2.09. The van der Waals surface area contributed by atoms with E-state index in [-0.39, 0.29) is 0 Å². The molecule has 6 heteroatoms. The van der Waals surface area contributed by atoms with Crippen LogP contribution in [0.2, 0.25) is 0 Å². The molecular weight excluding hydrogens is 805 g/mol. The van der Waals surface area contributed by atoms with E-state index in [1.165, 1.54) is 32.7 Å². The zero-order chi connectivity index (χ0) is 44.1. The van der Waals surface area contributed by atoms with Gasteiger partial charge in [-0.05, 0) is 158 Å². The first-order valence-electron chi connectivity index (χ1n) is 22.4. The summed E-state index contributed by atoms with van der Waals surface area (Å²) in [5.41, 5.74) is 15.5. The second kappa shape index (κ2) is 16.1. The summed E-state index contributed by atoms with van der Waals surface area (Å²) in [6.45, 7) is 4.32. The molecule has 4 heterocycles. The summed E-state index contributed by atoms with van der Waals surface area (Å²) in [6, 6.07) is 77.9. The lowest BCUT2D eigenvalue weighted by molar-refractivity contribution is 1.07. The quantitative estimate of drug-likeness (QED) is 0.145. The van der Waals surface area contributed by atoms with Crippen LogP contribution in [-0.4, -0.2) is 19.1 Å². The minimum absolute atomic E-state index is 0.853. The van der Waals surface area contributed by atoms with E-state index in [2.05, 4.69) is 251 Å². The highest BCUT2D eigenvalue weighted by Gasteiger charge is 2.21. The Bertz CT molecular complexity index is 3400. The molecule has 0 fully saturated rings. The lowest BCUT2D eigenvalue weighted by Gasteiger charge is -2.25. The molecule has 0 aliphatic rings. The molecule has 0 radical (unpaired) electrons. The zero-order valence-electron chi connectivity index (χ0n) is 36.6. The van der Waals surface area contributed by atoms with Gasteiger partial charge < -0.3 is 9.80 Å². The molecule has 12 aromatic rings. The molecule has 314 valence electrons. The largest absolute Gasteiger partial charge is 0.310 e. The molecule has 8 aromatic carbocycles. The van der Waals surface area contributed by atoms with E-state index in [4.69, 9.17) is 9.97 Å². The summed E-state index contributed by atoms with van der Waals surface area (Å²) in [6.07, 6.45) is 3.85. The lowest BCUT2D eigenvalue weighted by atomic mass is 10.1. The number of anilines is 6. The zero-order valence-corrected chi connectivity index (χ0v) is 36.6. The maximum Gasteiger partial charge on any atom is 0.138 e. The van der Waals surface area contributed by atoms with Crippen molar-refractivity contribution >= 4 is 77.7 Å². The maximum absolute atomic E-state index is 5.04. The van der Waals surface area contributed by atoms with Gasteiger partial charge in [0.2, 0.25) is 0 Å². The van der Waals surface area contributed by atoms with Crippen LogP contribution in [0.15, 0.2) is 231 Å². The number of hydrogen-bond donors (Lipinski definition) is 0. The third kappa shape index (κ3) is 6.75. The van der Waals surface area contributed by atoms with E-state index in [1.54, 1.807) is 0 Å². The summed E-state index contributed by atoms with van der Waals surface area (Å²) >= 11 is 0. The van der Waals surface area contributed by atoms with Gasteiger partial charge >= 0.3 is 0 Å². The Labute approximate surface area is 383 Å². The third-order valence-electron chi connectivity index (χ3n) is 12.7. The Hall–Kier alpha value is -8.74. The second-order valence-electron chi connectivity index (χ2n) is 16.9. The van der Waals surface area contributed by atoms with Crippen LogP contribution in [0.25, 0.3) is 66.4 Å². The van der Waals surface area contributed by atoms with Crippen molar-refractivity contribution in [2.75, 3.05) is 9.80 Å². The first-order chi connectivity index (χ1) is 32.6. The number of nitrogens with zero attached hydrogens (tertiary/aromatic N) is 6. The van der Waals surface area contributed by atoms with Gasteiger partial charge in [0, 0.05) is 68.1 Å². The van der Waals surface area contributed by atoms with Gasteiger partial charge in [0.15, 0.2) is 0 Å². The average Bonchev–Trinajstić information content (AvgIpc) is 3.87. The van der Waals surface area contributed by atoms with Crippen LogP contribution in [0.1, 0.15) is 11.1 Å². The highest BCUT2D eigenvalue weighted by atomic mass is 15.2. The fourth-order valence-electron chi connectivity index (χ4n) is 9.67. The summed E-state index contributed by atoms with van der Waals surface area (Å²) < 4.78 is 4.60. The number of para-hydroxylation sites is 4. The normalized spacial score (nSPS) is 11.5. The summed E-state index contributed by atoms with van der Waals surface area (Å²) in [5, 5.41) is 4.71. The standard InChI is InChI=1S/C60H44N6/c1-41-23-27-55-51(35-41)53-39-49(63(45-15-7-3-8-16-45)46-17-9-4-10-18-46)25-29-57(53)65(55)59-37-43(31-33-61-59)44-32-34-62-60(38-44)66-56-28-24-42(2)36-52(56)54-40-50(26-30-58(54)66)64(47-19-11-5-12-20-47)48-21-13-6-14-22-48/h3-40H,1-2H3. The number of benzene rings is 8. The van der Waals surface area contributed by atoms with Crippen molar-refractivity contribution in [2.45, 2.75) is 13.8 Å². The molecule has 66 heavy (non-hydrogen) atoms. The predicted octanol–water partition coefficient (Wildman–Crippen LogP) is 15.9. The molecule has 0 saturated carbocycles. The Kier molecular flexibility index (Phi) is 9.50. The van der Waals surface area contributed by atoms with Crippen molar-refractivity contribution in [1.82, 2.24) is 19.1 Å². The molecule has 0 spiro atoms. The topological polar surface area (TPSA) is 42.1 Å². The Morgan fingerprint density at radius 2 is 0.621 bits per heavy atom. The summed E-state index contributed by atoms with van der Waals surface area (Å²) in [4.78, 5) is 14.7. The number of pyridine rings is 2. The van der Waals surface area contributed by atoms with Gasteiger partial charge in [-0.15, -0.1) is 0 Å². The van der Waals surface area contributed by atoms with Crippen molar-refractivity contribution < 1.29 is 0 Å². The second-order valence-corrected chi connectivity index (χ2v) is 16.9. The van der Waals surface area contributed by atoms with Gasteiger partial charge in [0.05, 0.1) is 22.1 Å². The molecule has 0 bridgehead atoms. The number of fused-ring (bicyclic) bond motifs is 6. The molecule has 0 N–H and O–H groups in total. The van der Waals surface area contributed by atoms with E-state index in [0.29, 0.717) is 0 Å². The van der Waals surface area contributed by atoms with Crippen LogP contribution < -0.4 is 9.80 Å². The Balaban J connectivity index is 0.971. The average molecular weight is 849 g/mol. The number of aryl methyl sites for hydroxylation is 2. The first-order valence-corrected chi connectivity index (χ1v) is 22.4. The monoisotopic (exact) mass is 848 g/mol.